The van der Waals surface area contributed by atoms with Gasteiger partial charge in [0.15, 0.2) is 17.3 Å². The van der Waals surface area contributed by atoms with Gasteiger partial charge < -0.3 is 19.5 Å². The molecular formula is C29H28N4O4. The van der Waals surface area contributed by atoms with Crippen LogP contribution in [0.2, 0.25) is 0 Å². The first kappa shape index (κ1) is 23.1. The summed E-state index contributed by atoms with van der Waals surface area (Å²) in [5.41, 5.74) is 3.59. The molecule has 6 rings (SSSR count). The first-order chi connectivity index (χ1) is 18.0. The van der Waals surface area contributed by atoms with Gasteiger partial charge >= 0.3 is 6.01 Å². The van der Waals surface area contributed by atoms with E-state index < -0.39 is 0 Å². The molecule has 1 fully saturated rings. The van der Waals surface area contributed by atoms with E-state index in [-0.39, 0.29) is 18.6 Å². The number of amides is 1. The smallest absolute Gasteiger partial charge is 0.336 e. The highest BCUT2D eigenvalue weighted by Gasteiger charge is 2.43. The van der Waals surface area contributed by atoms with Gasteiger partial charge in [-0.3, -0.25) is 4.79 Å². The molecule has 37 heavy (non-hydrogen) atoms. The summed E-state index contributed by atoms with van der Waals surface area (Å²) in [6.07, 6.45) is 0.880. The van der Waals surface area contributed by atoms with Gasteiger partial charge in [0, 0.05) is 17.2 Å². The summed E-state index contributed by atoms with van der Waals surface area (Å²) in [4.78, 5) is 17.5. The van der Waals surface area contributed by atoms with Gasteiger partial charge in [0.1, 0.15) is 0 Å². The molecule has 1 aliphatic carbocycles. The molecule has 3 aromatic carbocycles. The third kappa shape index (κ3) is 4.87. The molecule has 4 aromatic rings. The van der Waals surface area contributed by atoms with Crippen molar-refractivity contribution in [2.75, 3.05) is 18.7 Å². The van der Waals surface area contributed by atoms with E-state index in [1.807, 2.05) is 60.7 Å². The first-order valence-electron chi connectivity index (χ1n) is 12.5. The maximum Gasteiger partial charge on any atom is 0.336 e. The van der Waals surface area contributed by atoms with Crippen LogP contribution in [0.3, 0.4) is 0 Å². The number of hydrogen-bond acceptors (Lipinski definition) is 6. The molecule has 1 unspecified atom stereocenters. The van der Waals surface area contributed by atoms with Crippen molar-refractivity contribution in [1.29, 1.82) is 0 Å². The molecule has 1 amide bonds. The van der Waals surface area contributed by atoms with E-state index in [2.05, 4.69) is 41.4 Å². The topological polar surface area (TPSA) is 87.5 Å². The summed E-state index contributed by atoms with van der Waals surface area (Å²) in [7, 11) is 0. The lowest BCUT2D eigenvalue weighted by Gasteiger charge is -2.09. The fourth-order valence-corrected chi connectivity index (χ4v) is 4.47. The number of carbonyl (C=O) groups excluding carboxylic acids is 1. The highest BCUT2D eigenvalue weighted by atomic mass is 16.7. The Morgan fingerprint density at radius 3 is 2.62 bits per heavy atom. The van der Waals surface area contributed by atoms with Crippen molar-refractivity contribution in [3.63, 3.8) is 0 Å². The molecule has 1 aliphatic heterocycles. The van der Waals surface area contributed by atoms with Gasteiger partial charge in [-0.2, -0.15) is 4.98 Å². The SMILES string of the molecule is CC(C)COc1nc(-c2ccc3c(c2)OCO3)n(-c2ccc(NC(=O)C3C[C@H]3c3ccccc3)cc2)n1. The zero-order valence-electron chi connectivity index (χ0n) is 20.8. The number of nitrogens with zero attached hydrogens (tertiary/aromatic N) is 3. The van der Waals surface area contributed by atoms with Gasteiger partial charge in [0.25, 0.3) is 0 Å². The van der Waals surface area contributed by atoms with E-state index in [1.165, 1.54) is 5.56 Å². The van der Waals surface area contributed by atoms with Crippen molar-refractivity contribution in [2.24, 2.45) is 11.8 Å². The number of carbonyl (C=O) groups is 1. The molecule has 1 saturated carbocycles. The predicted octanol–water partition coefficient (Wildman–Crippen LogP) is 5.44. The minimum Gasteiger partial charge on any atom is -0.462 e. The Hall–Kier alpha value is -4.33. The van der Waals surface area contributed by atoms with Crippen LogP contribution in [0.25, 0.3) is 17.1 Å². The lowest BCUT2D eigenvalue weighted by molar-refractivity contribution is -0.117. The summed E-state index contributed by atoms with van der Waals surface area (Å²) < 4.78 is 18.6. The van der Waals surface area contributed by atoms with Crippen LogP contribution < -0.4 is 19.5 Å². The fraction of sp³-hybridized carbons (Fsp3) is 0.276. The van der Waals surface area contributed by atoms with Crippen molar-refractivity contribution in [2.45, 2.75) is 26.2 Å². The zero-order valence-corrected chi connectivity index (χ0v) is 20.8. The van der Waals surface area contributed by atoms with Gasteiger partial charge in [0.05, 0.1) is 12.3 Å². The minimum atomic E-state index is 0.00988. The molecule has 2 aliphatic rings. The van der Waals surface area contributed by atoms with Crippen LogP contribution >= 0.6 is 0 Å². The second-order valence-electron chi connectivity index (χ2n) is 9.80. The quantitative estimate of drug-likeness (QED) is 0.350. The molecule has 2 heterocycles. The maximum atomic E-state index is 12.8. The fourth-order valence-electron chi connectivity index (χ4n) is 4.47. The number of nitrogens with one attached hydrogen (secondary N) is 1. The molecule has 2 atom stereocenters. The standard InChI is InChI=1S/C29H28N4O4/c1-18(2)16-35-29-31-27(20-8-13-25-26(14-20)37-17-36-25)33(32-29)22-11-9-21(10-12-22)30-28(34)24-15-23(24)19-6-4-3-5-7-19/h3-14,18,23-24H,15-17H2,1-2H3,(H,30,34)/t23-,24?/m0/s1. The molecular weight excluding hydrogens is 468 g/mol. The minimum absolute atomic E-state index is 0.00988. The Bertz CT molecular complexity index is 1420. The zero-order chi connectivity index (χ0) is 25.4. The Morgan fingerprint density at radius 2 is 1.84 bits per heavy atom. The van der Waals surface area contributed by atoms with Crippen LogP contribution in [-0.4, -0.2) is 34.1 Å². The highest BCUT2D eigenvalue weighted by molar-refractivity contribution is 5.95. The third-order valence-corrected chi connectivity index (χ3v) is 6.50. The number of rotatable bonds is 8. The largest absolute Gasteiger partial charge is 0.462 e. The normalized spacial score (nSPS) is 17.6. The average molecular weight is 497 g/mol. The molecule has 1 aromatic heterocycles. The van der Waals surface area contributed by atoms with E-state index in [9.17, 15) is 4.79 Å². The molecule has 188 valence electrons. The highest BCUT2D eigenvalue weighted by Crippen LogP contribution is 2.48. The summed E-state index contributed by atoms with van der Waals surface area (Å²) in [6, 6.07) is 23.8. The molecule has 0 saturated heterocycles. The van der Waals surface area contributed by atoms with E-state index >= 15 is 0 Å². The van der Waals surface area contributed by atoms with Gasteiger partial charge in [-0.1, -0.05) is 44.2 Å². The predicted molar refractivity (Wildman–Crippen MR) is 139 cm³/mol. The Kier molecular flexibility index (Phi) is 6.00. The van der Waals surface area contributed by atoms with Crippen LogP contribution in [0.5, 0.6) is 17.5 Å². The van der Waals surface area contributed by atoms with E-state index in [4.69, 9.17) is 14.2 Å². The van der Waals surface area contributed by atoms with Crippen LogP contribution in [0, 0.1) is 11.8 Å². The summed E-state index contributed by atoms with van der Waals surface area (Å²) in [5.74, 6) is 2.70. The van der Waals surface area contributed by atoms with E-state index in [1.54, 1.807) is 4.68 Å². The van der Waals surface area contributed by atoms with Crippen LogP contribution in [-0.2, 0) is 4.79 Å². The second-order valence-corrected chi connectivity index (χ2v) is 9.80. The molecule has 0 bridgehead atoms. The Labute approximate surface area is 215 Å². The lowest BCUT2D eigenvalue weighted by atomic mass is 10.1. The van der Waals surface area contributed by atoms with Crippen LogP contribution in [0.4, 0.5) is 5.69 Å². The molecule has 8 nitrogen and oxygen atoms in total. The monoisotopic (exact) mass is 496 g/mol. The van der Waals surface area contributed by atoms with Crippen molar-refractivity contribution < 1.29 is 19.0 Å². The van der Waals surface area contributed by atoms with Gasteiger partial charge in [-0.25, -0.2) is 4.68 Å². The number of hydrogen-bond donors (Lipinski definition) is 1. The summed E-state index contributed by atoms with van der Waals surface area (Å²) >= 11 is 0. The average Bonchev–Trinajstić information content (AvgIpc) is 3.39. The molecule has 0 radical (unpaired) electrons. The number of benzene rings is 3. The molecule has 0 spiro atoms. The summed E-state index contributed by atoms with van der Waals surface area (Å²) in [5, 5.41) is 7.67. The van der Waals surface area contributed by atoms with Crippen molar-refractivity contribution in [3.05, 3.63) is 78.4 Å². The Morgan fingerprint density at radius 1 is 1.05 bits per heavy atom. The number of anilines is 1. The molecule has 8 heteroatoms. The summed E-state index contributed by atoms with van der Waals surface area (Å²) in [6.45, 7) is 4.87. The van der Waals surface area contributed by atoms with Crippen LogP contribution in [0.1, 0.15) is 31.7 Å². The number of ether oxygens (including phenoxy) is 3. The van der Waals surface area contributed by atoms with Crippen molar-refractivity contribution in [3.8, 4) is 34.6 Å². The number of fused-ring (bicyclic) bond motifs is 1. The maximum absolute atomic E-state index is 12.8. The van der Waals surface area contributed by atoms with E-state index in [0.717, 1.165) is 23.4 Å². The van der Waals surface area contributed by atoms with Crippen molar-refractivity contribution >= 4 is 11.6 Å². The third-order valence-electron chi connectivity index (χ3n) is 6.50. The first-order valence-corrected chi connectivity index (χ1v) is 12.5. The molecule has 1 N–H and O–H groups in total. The second kappa shape index (κ2) is 9.61. The van der Waals surface area contributed by atoms with Crippen LogP contribution in [0.15, 0.2) is 72.8 Å². The van der Waals surface area contributed by atoms with Gasteiger partial charge in [0.2, 0.25) is 12.7 Å². The van der Waals surface area contributed by atoms with Gasteiger partial charge in [-0.05, 0) is 66.3 Å². The van der Waals surface area contributed by atoms with Gasteiger partial charge in [-0.15, -0.1) is 5.10 Å². The van der Waals surface area contributed by atoms with Crippen molar-refractivity contribution in [1.82, 2.24) is 14.8 Å². The Balaban J connectivity index is 1.22. The van der Waals surface area contributed by atoms with E-state index in [0.29, 0.717) is 41.8 Å². The number of aromatic nitrogens is 3. The lowest BCUT2D eigenvalue weighted by Crippen LogP contribution is -2.14.